The number of nitrogens with zero attached hydrogens (tertiary/aromatic N) is 2. The maximum absolute atomic E-state index is 14.4. The SMILES string of the molecule is CCCNC(=O)[C@H](Cc1ccccc1)N(Cc1ccccc1)C(=O)CN(c1cc(Cl)ccc1Cl)S(=O)(=O)c1ccc(C)cc1. The van der Waals surface area contributed by atoms with Crippen molar-refractivity contribution in [3.63, 3.8) is 0 Å². The van der Waals surface area contributed by atoms with Crippen LogP contribution in [-0.4, -0.2) is 44.3 Å². The van der Waals surface area contributed by atoms with Gasteiger partial charge in [0.15, 0.2) is 0 Å². The van der Waals surface area contributed by atoms with Gasteiger partial charge in [-0.2, -0.15) is 0 Å². The number of aryl methyl sites for hydroxylation is 1. The number of amides is 2. The van der Waals surface area contributed by atoms with Crippen LogP contribution in [0.2, 0.25) is 10.0 Å². The molecular formula is C34H35Cl2N3O4S. The summed E-state index contributed by atoms with van der Waals surface area (Å²) >= 11 is 12.8. The van der Waals surface area contributed by atoms with E-state index in [4.69, 9.17) is 23.2 Å². The normalized spacial score (nSPS) is 11.9. The van der Waals surface area contributed by atoms with Gasteiger partial charge in [0.1, 0.15) is 12.6 Å². The second kappa shape index (κ2) is 15.2. The van der Waals surface area contributed by atoms with E-state index in [-0.39, 0.29) is 39.5 Å². The molecule has 44 heavy (non-hydrogen) atoms. The van der Waals surface area contributed by atoms with Gasteiger partial charge in [-0.25, -0.2) is 8.42 Å². The molecule has 4 rings (SSSR count). The lowest BCUT2D eigenvalue weighted by Crippen LogP contribution is -2.53. The molecule has 0 unspecified atom stereocenters. The minimum atomic E-state index is -4.29. The average molecular weight is 653 g/mol. The molecule has 0 heterocycles. The number of rotatable bonds is 13. The van der Waals surface area contributed by atoms with Crippen LogP contribution < -0.4 is 9.62 Å². The molecular weight excluding hydrogens is 617 g/mol. The van der Waals surface area contributed by atoms with Crippen LogP contribution in [-0.2, 0) is 32.6 Å². The van der Waals surface area contributed by atoms with Gasteiger partial charge in [0, 0.05) is 24.5 Å². The van der Waals surface area contributed by atoms with E-state index in [0.29, 0.717) is 13.0 Å². The molecule has 0 saturated heterocycles. The van der Waals surface area contributed by atoms with Crippen molar-refractivity contribution in [2.24, 2.45) is 0 Å². The summed E-state index contributed by atoms with van der Waals surface area (Å²) in [6.45, 7) is 3.70. The van der Waals surface area contributed by atoms with Gasteiger partial charge in [-0.05, 0) is 54.8 Å². The zero-order chi connectivity index (χ0) is 31.7. The van der Waals surface area contributed by atoms with Crippen LogP contribution in [0.15, 0.2) is 108 Å². The predicted octanol–water partition coefficient (Wildman–Crippen LogP) is 6.66. The van der Waals surface area contributed by atoms with E-state index in [0.717, 1.165) is 21.0 Å². The van der Waals surface area contributed by atoms with Crippen LogP contribution in [0, 0.1) is 6.92 Å². The summed E-state index contributed by atoms with van der Waals surface area (Å²) in [5.41, 5.74) is 2.58. The van der Waals surface area contributed by atoms with Gasteiger partial charge in [0.25, 0.3) is 10.0 Å². The number of sulfonamides is 1. The van der Waals surface area contributed by atoms with E-state index in [9.17, 15) is 18.0 Å². The Kier molecular flexibility index (Phi) is 11.4. The molecule has 1 N–H and O–H groups in total. The quantitative estimate of drug-likeness (QED) is 0.175. The third-order valence-corrected chi connectivity index (χ3v) is 9.41. The summed E-state index contributed by atoms with van der Waals surface area (Å²) in [7, 11) is -4.29. The van der Waals surface area contributed by atoms with Crippen molar-refractivity contribution in [2.75, 3.05) is 17.4 Å². The molecule has 0 radical (unpaired) electrons. The Morgan fingerprint density at radius 1 is 0.841 bits per heavy atom. The fourth-order valence-corrected chi connectivity index (χ4v) is 6.59. The molecule has 4 aromatic carbocycles. The minimum Gasteiger partial charge on any atom is -0.354 e. The van der Waals surface area contributed by atoms with Crippen molar-refractivity contribution in [3.8, 4) is 0 Å². The first kappa shape index (κ1) is 33.1. The molecule has 0 saturated carbocycles. The van der Waals surface area contributed by atoms with Crippen molar-refractivity contribution in [2.45, 2.75) is 44.2 Å². The predicted molar refractivity (Wildman–Crippen MR) is 176 cm³/mol. The second-order valence-electron chi connectivity index (χ2n) is 10.4. The molecule has 230 valence electrons. The Morgan fingerprint density at radius 2 is 1.45 bits per heavy atom. The van der Waals surface area contributed by atoms with Gasteiger partial charge >= 0.3 is 0 Å². The standard InChI is InChI=1S/C34H35Cl2N3O4S/c1-3-20-37-34(41)32(21-26-10-6-4-7-11-26)38(23-27-12-8-5-9-13-27)33(40)24-39(31-22-28(35)16-19-30(31)36)44(42,43)29-17-14-25(2)15-18-29/h4-19,22,32H,3,20-21,23-24H2,1-2H3,(H,37,41)/t32-/m0/s1. The average Bonchev–Trinajstić information content (AvgIpc) is 3.02. The van der Waals surface area contributed by atoms with Gasteiger partial charge in [-0.3, -0.25) is 13.9 Å². The molecule has 0 aliphatic carbocycles. The summed E-state index contributed by atoms with van der Waals surface area (Å²) in [5.74, 6) is -0.901. The molecule has 0 bridgehead atoms. The van der Waals surface area contributed by atoms with E-state index >= 15 is 0 Å². The van der Waals surface area contributed by atoms with Crippen molar-refractivity contribution in [3.05, 3.63) is 130 Å². The van der Waals surface area contributed by atoms with E-state index in [1.54, 1.807) is 18.2 Å². The molecule has 1 atom stereocenters. The van der Waals surface area contributed by atoms with Crippen molar-refractivity contribution >= 4 is 50.7 Å². The molecule has 0 fully saturated rings. The lowest BCUT2D eigenvalue weighted by molar-refractivity contribution is -0.140. The highest BCUT2D eigenvalue weighted by Gasteiger charge is 2.35. The lowest BCUT2D eigenvalue weighted by atomic mass is 10.0. The minimum absolute atomic E-state index is 0.0110. The Morgan fingerprint density at radius 3 is 2.07 bits per heavy atom. The summed E-state index contributed by atoms with van der Waals surface area (Å²) in [6, 6.07) is 28.6. The largest absolute Gasteiger partial charge is 0.354 e. The highest BCUT2D eigenvalue weighted by atomic mass is 35.5. The molecule has 10 heteroatoms. The van der Waals surface area contributed by atoms with Crippen LogP contribution in [0.4, 0.5) is 5.69 Å². The highest BCUT2D eigenvalue weighted by molar-refractivity contribution is 7.92. The molecule has 0 aliphatic rings. The molecule has 0 spiro atoms. The number of anilines is 1. The summed E-state index contributed by atoms with van der Waals surface area (Å²) in [5, 5.41) is 3.29. The second-order valence-corrected chi connectivity index (χ2v) is 13.1. The summed E-state index contributed by atoms with van der Waals surface area (Å²) in [4.78, 5) is 29.5. The smallest absolute Gasteiger partial charge is 0.264 e. The van der Waals surface area contributed by atoms with Crippen LogP contribution >= 0.6 is 23.2 Å². The molecule has 4 aromatic rings. The van der Waals surface area contributed by atoms with E-state index in [1.165, 1.54) is 29.2 Å². The fraction of sp³-hybridized carbons (Fsp3) is 0.235. The Bertz CT molecular complexity index is 1670. The number of carbonyl (C=O) groups is 2. The third-order valence-electron chi connectivity index (χ3n) is 7.08. The topological polar surface area (TPSA) is 86.8 Å². The van der Waals surface area contributed by atoms with Gasteiger partial charge in [0.05, 0.1) is 15.6 Å². The Labute approximate surface area is 269 Å². The van der Waals surface area contributed by atoms with Crippen LogP contribution in [0.5, 0.6) is 0 Å². The molecule has 2 amide bonds. The van der Waals surface area contributed by atoms with Gasteiger partial charge in [-0.1, -0.05) is 108 Å². The van der Waals surface area contributed by atoms with E-state index < -0.39 is 28.5 Å². The Balaban J connectivity index is 1.81. The maximum atomic E-state index is 14.4. The number of nitrogens with one attached hydrogen (secondary N) is 1. The van der Waals surface area contributed by atoms with Crippen LogP contribution in [0.25, 0.3) is 0 Å². The number of hydrogen-bond donors (Lipinski definition) is 1. The maximum Gasteiger partial charge on any atom is 0.264 e. The summed E-state index contributed by atoms with van der Waals surface area (Å²) in [6.07, 6.45) is 0.948. The number of halogens is 2. The zero-order valence-electron chi connectivity index (χ0n) is 24.6. The van der Waals surface area contributed by atoms with Crippen LogP contribution in [0.1, 0.15) is 30.0 Å². The van der Waals surface area contributed by atoms with Gasteiger partial charge in [-0.15, -0.1) is 0 Å². The monoisotopic (exact) mass is 651 g/mol. The van der Waals surface area contributed by atoms with Crippen LogP contribution in [0.3, 0.4) is 0 Å². The van der Waals surface area contributed by atoms with Crippen molar-refractivity contribution in [1.29, 1.82) is 0 Å². The third kappa shape index (κ3) is 8.40. The first-order valence-corrected chi connectivity index (χ1v) is 16.5. The van der Waals surface area contributed by atoms with Gasteiger partial charge < -0.3 is 10.2 Å². The number of hydrogen-bond acceptors (Lipinski definition) is 4. The van der Waals surface area contributed by atoms with Crippen molar-refractivity contribution < 1.29 is 18.0 Å². The first-order chi connectivity index (χ1) is 21.1. The molecule has 0 aromatic heterocycles. The van der Waals surface area contributed by atoms with E-state index in [1.807, 2.05) is 74.5 Å². The van der Waals surface area contributed by atoms with E-state index in [2.05, 4.69) is 5.32 Å². The summed E-state index contributed by atoms with van der Waals surface area (Å²) < 4.78 is 29.2. The number of carbonyl (C=O) groups excluding carboxylic acids is 2. The van der Waals surface area contributed by atoms with Gasteiger partial charge in [0.2, 0.25) is 11.8 Å². The Hall–Kier alpha value is -3.85. The zero-order valence-corrected chi connectivity index (χ0v) is 26.9. The first-order valence-electron chi connectivity index (χ1n) is 14.3. The lowest BCUT2D eigenvalue weighted by Gasteiger charge is -2.34. The molecule has 7 nitrogen and oxygen atoms in total. The highest BCUT2D eigenvalue weighted by Crippen LogP contribution is 2.33. The number of benzene rings is 4. The fourth-order valence-electron chi connectivity index (χ4n) is 4.73. The van der Waals surface area contributed by atoms with Crippen molar-refractivity contribution in [1.82, 2.24) is 10.2 Å². The molecule has 0 aliphatic heterocycles.